The number of benzene rings is 1. The van der Waals surface area contributed by atoms with Crippen LogP contribution in [0.3, 0.4) is 0 Å². The smallest absolute Gasteiger partial charge is 0.321 e. The van der Waals surface area contributed by atoms with Crippen molar-refractivity contribution < 1.29 is 18.3 Å². The summed E-state index contributed by atoms with van der Waals surface area (Å²) in [7, 11) is 0. The molecule has 1 aromatic rings. The molecule has 0 saturated carbocycles. The molecular formula is C17H22F2N4O2. The van der Waals surface area contributed by atoms with Crippen molar-refractivity contribution in [3.63, 3.8) is 0 Å². The van der Waals surface area contributed by atoms with Gasteiger partial charge in [0.05, 0.1) is 6.04 Å². The Balaban J connectivity index is 1.46. The Morgan fingerprint density at radius 2 is 2.00 bits per heavy atom. The van der Waals surface area contributed by atoms with Crippen molar-refractivity contribution in [3.05, 3.63) is 29.8 Å². The van der Waals surface area contributed by atoms with Gasteiger partial charge in [0.15, 0.2) is 0 Å². The van der Waals surface area contributed by atoms with Crippen LogP contribution in [0.25, 0.3) is 0 Å². The van der Waals surface area contributed by atoms with Gasteiger partial charge in [0.25, 0.3) is 11.9 Å². The van der Waals surface area contributed by atoms with Crippen LogP contribution in [-0.2, 0) is 11.2 Å². The minimum Gasteiger partial charge on any atom is -0.463 e. The van der Waals surface area contributed by atoms with E-state index in [1.165, 1.54) is 4.90 Å². The molecule has 8 heteroatoms. The number of amides is 2. The van der Waals surface area contributed by atoms with Gasteiger partial charge in [0.2, 0.25) is 0 Å². The van der Waals surface area contributed by atoms with Gasteiger partial charge in [-0.05, 0) is 30.5 Å². The van der Waals surface area contributed by atoms with E-state index in [-0.39, 0.29) is 44.0 Å². The lowest BCUT2D eigenvalue weighted by molar-refractivity contribution is -0.0461. The number of nitrogens with zero attached hydrogens (tertiary/aromatic N) is 2. The molecule has 0 bridgehead atoms. The predicted octanol–water partition coefficient (Wildman–Crippen LogP) is 2.60. The van der Waals surface area contributed by atoms with Crippen molar-refractivity contribution >= 4 is 17.7 Å². The number of alkyl halides is 2. The van der Waals surface area contributed by atoms with Gasteiger partial charge < -0.3 is 20.7 Å². The average molecular weight is 352 g/mol. The molecule has 0 spiro atoms. The lowest BCUT2D eigenvalue weighted by Gasteiger charge is -2.31. The summed E-state index contributed by atoms with van der Waals surface area (Å²) in [6.45, 7) is 0.670. The first-order chi connectivity index (χ1) is 11.9. The number of halogens is 2. The number of rotatable bonds is 4. The first-order valence-corrected chi connectivity index (χ1v) is 8.40. The molecule has 6 nitrogen and oxygen atoms in total. The molecule has 3 rings (SSSR count). The molecule has 2 amide bonds. The molecule has 2 heterocycles. The average Bonchev–Trinajstić information content (AvgIpc) is 2.99. The normalized spacial score (nSPS) is 22.2. The summed E-state index contributed by atoms with van der Waals surface area (Å²) < 4.78 is 31.4. The van der Waals surface area contributed by atoms with Gasteiger partial charge in [-0.25, -0.2) is 18.6 Å². The first-order valence-electron chi connectivity index (χ1n) is 8.40. The number of carbonyl (C=O) groups is 1. The van der Waals surface area contributed by atoms with Crippen LogP contribution in [0.15, 0.2) is 29.3 Å². The Morgan fingerprint density at radius 3 is 2.60 bits per heavy atom. The molecule has 0 aromatic heterocycles. The molecule has 136 valence electrons. The van der Waals surface area contributed by atoms with E-state index in [1.54, 1.807) is 0 Å². The summed E-state index contributed by atoms with van der Waals surface area (Å²) in [6.07, 6.45) is 1.11. The molecule has 1 unspecified atom stereocenters. The Kier molecular flexibility index (Phi) is 5.06. The van der Waals surface area contributed by atoms with Crippen LogP contribution in [0.5, 0.6) is 0 Å². The molecule has 1 saturated heterocycles. The van der Waals surface area contributed by atoms with Crippen LogP contribution in [-0.4, -0.2) is 48.6 Å². The third-order valence-electron chi connectivity index (χ3n) is 4.49. The minimum absolute atomic E-state index is 0.0734. The van der Waals surface area contributed by atoms with Crippen LogP contribution in [0.2, 0.25) is 0 Å². The van der Waals surface area contributed by atoms with Gasteiger partial charge in [-0.2, -0.15) is 0 Å². The monoisotopic (exact) mass is 352 g/mol. The van der Waals surface area contributed by atoms with E-state index >= 15 is 0 Å². The van der Waals surface area contributed by atoms with Gasteiger partial charge in [-0.3, -0.25) is 0 Å². The minimum atomic E-state index is -2.66. The van der Waals surface area contributed by atoms with Crippen LogP contribution in [0.1, 0.15) is 24.8 Å². The van der Waals surface area contributed by atoms with Gasteiger partial charge in [0.1, 0.15) is 6.61 Å². The fraction of sp³-hybridized carbons (Fsp3) is 0.529. The quantitative estimate of drug-likeness (QED) is 0.874. The number of aliphatic imine (C=N–C) groups is 1. The molecule has 3 N–H and O–H groups in total. The molecule has 0 radical (unpaired) electrons. The van der Waals surface area contributed by atoms with E-state index in [4.69, 9.17) is 10.5 Å². The Bertz CT molecular complexity index is 639. The summed E-state index contributed by atoms with van der Waals surface area (Å²) in [5.41, 5.74) is 7.25. The molecule has 2 aliphatic rings. The van der Waals surface area contributed by atoms with Crippen molar-refractivity contribution in [2.24, 2.45) is 10.7 Å². The lowest BCUT2D eigenvalue weighted by atomic mass is 10.1. The molecule has 2 aliphatic heterocycles. The molecule has 0 aliphatic carbocycles. The molecule has 1 atom stereocenters. The number of nitrogens with one attached hydrogen (secondary N) is 1. The fourth-order valence-electron chi connectivity index (χ4n) is 2.91. The largest absolute Gasteiger partial charge is 0.463 e. The van der Waals surface area contributed by atoms with E-state index < -0.39 is 5.92 Å². The molecule has 1 aromatic carbocycles. The maximum Gasteiger partial charge on any atom is 0.321 e. The van der Waals surface area contributed by atoms with Crippen molar-refractivity contribution in [1.29, 1.82) is 0 Å². The van der Waals surface area contributed by atoms with Crippen LogP contribution < -0.4 is 11.1 Å². The van der Waals surface area contributed by atoms with E-state index in [9.17, 15) is 13.6 Å². The van der Waals surface area contributed by atoms with Gasteiger partial charge in [0, 0.05) is 31.6 Å². The van der Waals surface area contributed by atoms with Gasteiger partial charge >= 0.3 is 6.03 Å². The summed E-state index contributed by atoms with van der Waals surface area (Å²) in [6, 6.07) is 7.50. The summed E-state index contributed by atoms with van der Waals surface area (Å²) in [5, 5.41) is 2.75. The number of nitrogens with two attached hydrogens (primary N) is 1. The Hall–Kier alpha value is -2.38. The topological polar surface area (TPSA) is 79.9 Å². The standard InChI is InChI=1S/C17H22F2N4O2/c18-17(19)7-9-23(10-8-17)16(24)22-13-4-1-12(2-5-13)3-6-14-11-25-15(20)21-14/h1-2,4-5,14H,3,6-11H2,(H2,20,21)(H,22,24). The van der Waals surface area contributed by atoms with Gasteiger partial charge in [-0.15, -0.1) is 0 Å². The maximum atomic E-state index is 13.1. The summed E-state index contributed by atoms with van der Waals surface area (Å²) in [5.74, 6) is -2.66. The molecule has 25 heavy (non-hydrogen) atoms. The fourth-order valence-corrected chi connectivity index (χ4v) is 2.91. The Morgan fingerprint density at radius 1 is 1.32 bits per heavy atom. The van der Waals surface area contributed by atoms with Gasteiger partial charge in [-0.1, -0.05) is 12.1 Å². The maximum absolute atomic E-state index is 13.1. The Labute approximate surface area is 145 Å². The number of anilines is 1. The highest BCUT2D eigenvalue weighted by atomic mass is 19.3. The second-order valence-electron chi connectivity index (χ2n) is 6.44. The summed E-state index contributed by atoms with van der Waals surface area (Å²) >= 11 is 0. The highest BCUT2D eigenvalue weighted by molar-refractivity contribution is 5.89. The third-order valence-corrected chi connectivity index (χ3v) is 4.49. The number of piperidine rings is 1. The van der Waals surface area contributed by atoms with Crippen molar-refractivity contribution in [3.8, 4) is 0 Å². The predicted molar refractivity (Wildman–Crippen MR) is 90.9 cm³/mol. The second-order valence-corrected chi connectivity index (χ2v) is 6.44. The zero-order valence-electron chi connectivity index (χ0n) is 13.9. The number of urea groups is 1. The van der Waals surface area contributed by atoms with Crippen LogP contribution >= 0.6 is 0 Å². The number of amidine groups is 1. The van der Waals surface area contributed by atoms with Crippen LogP contribution in [0.4, 0.5) is 19.3 Å². The van der Waals surface area contributed by atoms with E-state index in [0.29, 0.717) is 12.3 Å². The number of aryl methyl sites for hydroxylation is 1. The highest BCUT2D eigenvalue weighted by Crippen LogP contribution is 2.28. The zero-order chi connectivity index (χ0) is 17.9. The number of likely N-dealkylation sites (tertiary alicyclic amines) is 1. The van der Waals surface area contributed by atoms with Crippen LogP contribution in [0, 0.1) is 0 Å². The first kappa shape index (κ1) is 17.4. The number of hydrogen-bond donors (Lipinski definition) is 2. The molecule has 1 fully saturated rings. The summed E-state index contributed by atoms with van der Waals surface area (Å²) in [4.78, 5) is 17.7. The third kappa shape index (κ3) is 4.80. The van der Waals surface area contributed by atoms with Crippen molar-refractivity contribution in [1.82, 2.24) is 4.90 Å². The lowest BCUT2D eigenvalue weighted by Crippen LogP contribution is -2.44. The number of carbonyl (C=O) groups excluding carboxylic acids is 1. The molecular weight excluding hydrogens is 330 g/mol. The van der Waals surface area contributed by atoms with Crippen molar-refractivity contribution in [2.75, 3.05) is 25.0 Å². The number of hydrogen-bond acceptors (Lipinski definition) is 4. The SMILES string of the molecule is NC1=NC(CCc2ccc(NC(=O)N3CCC(F)(F)CC3)cc2)CO1. The second kappa shape index (κ2) is 7.25. The van der Waals surface area contributed by atoms with E-state index in [0.717, 1.165) is 18.4 Å². The van der Waals surface area contributed by atoms with E-state index in [1.807, 2.05) is 24.3 Å². The number of ether oxygens (including phenoxy) is 1. The highest BCUT2D eigenvalue weighted by Gasteiger charge is 2.35. The van der Waals surface area contributed by atoms with E-state index in [2.05, 4.69) is 10.3 Å². The van der Waals surface area contributed by atoms with Crippen molar-refractivity contribution in [2.45, 2.75) is 37.6 Å². The zero-order valence-corrected chi connectivity index (χ0v) is 13.9.